The molecule has 0 bridgehead atoms. The Morgan fingerprint density at radius 2 is 2.17 bits per heavy atom. The summed E-state index contributed by atoms with van der Waals surface area (Å²) in [5.74, 6) is 1.94. The molecule has 2 rings (SSSR count). The molecule has 0 radical (unpaired) electrons. The standard InChI is InChI=1S/C15H22ClNS/c1-11(2)7-8-18-15-9-13(16)4-3-12(15)10-17-14-5-6-14/h3-4,9,11,14,17H,5-8,10H2,1-2H3. The monoisotopic (exact) mass is 283 g/mol. The summed E-state index contributed by atoms with van der Waals surface area (Å²) in [6, 6.07) is 7.03. The smallest absolute Gasteiger partial charge is 0.0417 e. The third-order valence-electron chi connectivity index (χ3n) is 3.14. The molecular formula is C15H22ClNS. The van der Waals surface area contributed by atoms with Gasteiger partial charge in [-0.05, 0) is 48.6 Å². The summed E-state index contributed by atoms with van der Waals surface area (Å²) in [5, 5.41) is 4.42. The molecule has 1 saturated carbocycles. The van der Waals surface area contributed by atoms with Gasteiger partial charge in [0, 0.05) is 22.5 Å². The van der Waals surface area contributed by atoms with Crippen LogP contribution in [0.2, 0.25) is 5.02 Å². The first kappa shape index (κ1) is 14.2. The molecule has 0 aromatic heterocycles. The van der Waals surface area contributed by atoms with Crippen LogP contribution in [0.1, 0.15) is 38.7 Å². The van der Waals surface area contributed by atoms with E-state index >= 15 is 0 Å². The highest BCUT2D eigenvalue weighted by Gasteiger charge is 2.20. The van der Waals surface area contributed by atoms with Crippen LogP contribution < -0.4 is 5.32 Å². The lowest BCUT2D eigenvalue weighted by Crippen LogP contribution is -2.15. The van der Waals surface area contributed by atoms with Gasteiger partial charge in [-0.2, -0.15) is 0 Å². The molecule has 100 valence electrons. The van der Waals surface area contributed by atoms with Gasteiger partial charge in [-0.15, -0.1) is 11.8 Å². The molecule has 0 unspecified atom stereocenters. The number of halogens is 1. The van der Waals surface area contributed by atoms with Crippen molar-refractivity contribution in [3.8, 4) is 0 Å². The molecule has 1 aliphatic rings. The van der Waals surface area contributed by atoms with Crippen LogP contribution in [0.5, 0.6) is 0 Å². The number of thioether (sulfide) groups is 1. The first-order valence-electron chi connectivity index (χ1n) is 6.80. The summed E-state index contributed by atoms with van der Waals surface area (Å²) >= 11 is 8.04. The molecule has 0 amide bonds. The van der Waals surface area contributed by atoms with Crippen molar-refractivity contribution in [2.75, 3.05) is 5.75 Å². The maximum Gasteiger partial charge on any atom is 0.0417 e. The van der Waals surface area contributed by atoms with Crippen LogP contribution in [-0.2, 0) is 6.54 Å². The van der Waals surface area contributed by atoms with Crippen molar-refractivity contribution >= 4 is 23.4 Å². The minimum Gasteiger partial charge on any atom is -0.310 e. The van der Waals surface area contributed by atoms with Crippen molar-refractivity contribution in [3.05, 3.63) is 28.8 Å². The fourth-order valence-corrected chi connectivity index (χ4v) is 3.34. The molecule has 3 heteroatoms. The van der Waals surface area contributed by atoms with Crippen molar-refractivity contribution in [3.63, 3.8) is 0 Å². The summed E-state index contributed by atoms with van der Waals surface area (Å²) in [5.41, 5.74) is 1.39. The largest absolute Gasteiger partial charge is 0.310 e. The molecule has 0 saturated heterocycles. The Hall–Kier alpha value is -0.180. The summed E-state index contributed by atoms with van der Waals surface area (Å²) in [4.78, 5) is 1.34. The Kier molecular flexibility index (Phi) is 5.40. The van der Waals surface area contributed by atoms with E-state index in [1.807, 2.05) is 17.8 Å². The third kappa shape index (κ3) is 4.83. The Morgan fingerprint density at radius 3 is 2.83 bits per heavy atom. The highest BCUT2D eigenvalue weighted by atomic mass is 35.5. The van der Waals surface area contributed by atoms with Crippen LogP contribution in [0, 0.1) is 5.92 Å². The first-order valence-corrected chi connectivity index (χ1v) is 8.16. The Bertz CT molecular complexity index is 388. The van der Waals surface area contributed by atoms with Gasteiger partial charge in [-0.25, -0.2) is 0 Å². The highest BCUT2D eigenvalue weighted by molar-refractivity contribution is 7.99. The third-order valence-corrected chi connectivity index (χ3v) is 4.51. The van der Waals surface area contributed by atoms with Crippen LogP contribution in [0.4, 0.5) is 0 Å². The summed E-state index contributed by atoms with van der Waals surface area (Å²) in [7, 11) is 0. The van der Waals surface area contributed by atoms with Gasteiger partial charge < -0.3 is 5.32 Å². The van der Waals surface area contributed by atoms with E-state index in [4.69, 9.17) is 11.6 Å². The van der Waals surface area contributed by atoms with Gasteiger partial charge in [0.05, 0.1) is 0 Å². The van der Waals surface area contributed by atoms with Crippen LogP contribution >= 0.6 is 23.4 Å². The van der Waals surface area contributed by atoms with E-state index in [9.17, 15) is 0 Å². The van der Waals surface area contributed by atoms with Gasteiger partial charge in [0.15, 0.2) is 0 Å². The molecular weight excluding hydrogens is 262 g/mol. The molecule has 1 aromatic carbocycles. The molecule has 1 N–H and O–H groups in total. The van der Waals surface area contributed by atoms with Gasteiger partial charge in [-0.3, -0.25) is 0 Å². The minimum absolute atomic E-state index is 0.759. The lowest BCUT2D eigenvalue weighted by atomic mass is 10.2. The highest BCUT2D eigenvalue weighted by Crippen LogP contribution is 2.28. The Morgan fingerprint density at radius 1 is 1.39 bits per heavy atom. The average Bonchev–Trinajstić information content (AvgIpc) is 3.11. The van der Waals surface area contributed by atoms with Crippen LogP contribution in [0.3, 0.4) is 0 Å². The van der Waals surface area contributed by atoms with E-state index in [-0.39, 0.29) is 0 Å². The second kappa shape index (κ2) is 6.83. The summed E-state index contributed by atoms with van der Waals surface area (Å²) in [6.45, 7) is 5.52. The van der Waals surface area contributed by atoms with E-state index in [1.165, 1.54) is 35.5 Å². The zero-order valence-corrected chi connectivity index (χ0v) is 12.8. The SMILES string of the molecule is CC(C)CCSc1cc(Cl)ccc1CNC1CC1. The topological polar surface area (TPSA) is 12.0 Å². The Balaban J connectivity index is 1.93. The molecule has 0 heterocycles. The summed E-state index contributed by atoms with van der Waals surface area (Å²) < 4.78 is 0. The average molecular weight is 284 g/mol. The van der Waals surface area contributed by atoms with Gasteiger partial charge >= 0.3 is 0 Å². The van der Waals surface area contributed by atoms with Crippen molar-refractivity contribution in [2.45, 2.75) is 50.6 Å². The van der Waals surface area contributed by atoms with Crippen molar-refractivity contribution in [1.82, 2.24) is 5.32 Å². The number of hydrogen-bond donors (Lipinski definition) is 1. The number of rotatable bonds is 7. The Labute approximate surface area is 120 Å². The first-order chi connectivity index (χ1) is 8.65. The second-order valence-corrected chi connectivity index (χ2v) is 7.01. The zero-order valence-electron chi connectivity index (χ0n) is 11.2. The van der Waals surface area contributed by atoms with Gasteiger partial charge in [0.25, 0.3) is 0 Å². The predicted octanol–water partition coefficient (Wildman–Crippen LogP) is 4.73. The van der Waals surface area contributed by atoms with Crippen LogP contribution in [0.25, 0.3) is 0 Å². The molecule has 18 heavy (non-hydrogen) atoms. The maximum absolute atomic E-state index is 6.10. The van der Waals surface area contributed by atoms with Crippen LogP contribution in [0.15, 0.2) is 23.1 Å². The van der Waals surface area contributed by atoms with Crippen molar-refractivity contribution in [1.29, 1.82) is 0 Å². The summed E-state index contributed by atoms with van der Waals surface area (Å²) in [6.07, 6.45) is 3.93. The van der Waals surface area contributed by atoms with Gasteiger partial charge in [0.2, 0.25) is 0 Å². The van der Waals surface area contributed by atoms with E-state index in [0.29, 0.717) is 0 Å². The van der Waals surface area contributed by atoms with Gasteiger partial charge in [0.1, 0.15) is 0 Å². The molecule has 1 aromatic rings. The maximum atomic E-state index is 6.10. The molecule has 0 atom stereocenters. The lowest BCUT2D eigenvalue weighted by molar-refractivity contribution is 0.632. The lowest BCUT2D eigenvalue weighted by Gasteiger charge is -2.11. The van der Waals surface area contributed by atoms with Crippen molar-refractivity contribution < 1.29 is 0 Å². The van der Waals surface area contributed by atoms with E-state index in [0.717, 1.165) is 23.5 Å². The zero-order chi connectivity index (χ0) is 13.0. The minimum atomic E-state index is 0.759. The quantitative estimate of drug-likeness (QED) is 0.726. The van der Waals surface area contributed by atoms with Crippen LogP contribution in [-0.4, -0.2) is 11.8 Å². The molecule has 0 spiro atoms. The van der Waals surface area contributed by atoms with E-state index in [2.05, 4.69) is 31.3 Å². The molecule has 1 nitrogen and oxygen atoms in total. The number of nitrogens with one attached hydrogen (secondary N) is 1. The molecule has 1 fully saturated rings. The van der Waals surface area contributed by atoms with Gasteiger partial charge in [-0.1, -0.05) is 31.5 Å². The second-order valence-electron chi connectivity index (χ2n) is 5.44. The van der Waals surface area contributed by atoms with Crippen molar-refractivity contribution in [2.24, 2.45) is 5.92 Å². The number of benzene rings is 1. The molecule has 0 aliphatic heterocycles. The number of hydrogen-bond acceptors (Lipinski definition) is 2. The normalized spacial score (nSPS) is 15.3. The fourth-order valence-electron chi connectivity index (χ4n) is 1.76. The predicted molar refractivity (Wildman–Crippen MR) is 81.5 cm³/mol. The van der Waals surface area contributed by atoms with E-state index < -0.39 is 0 Å². The molecule has 1 aliphatic carbocycles. The van der Waals surface area contributed by atoms with E-state index in [1.54, 1.807) is 0 Å². The fraction of sp³-hybridized carbons (Fsp3) is 0.600.